The van der Waals surface area contributed by atoms with E-state index in [1.54, 1.807) is 6.07 Å². The Morgan fingerprint density at radius 2 is 0.853 bits per heavy atom. The molecule has 0 saturated carbocycles. The Morgan fingerprint density at radius 3 is 1.27 bits per heavy atom. The summed E-state index contributed by atoms with van der Waals surface area (Å²) in [5.41, 5.74) is 10.8. The van der Waals surface area contributed by atoms with E-state index in [2.05, 4.69) is 151 Å². The lowest BCUT2D eigenvalue weighted by atomic mass is 9.73. The van der Waals surface area contributed by atoms with Gasteiger partial charge in [-0.1, -0.05) is 143 Å². The van der Waals surface area contributed by atoms with Gasteiger partial charge in [0.05, 0.1) is 192 Å². The van der Waals surface area contributed by atoms with Crippen LogP contribution in [-0.4, -0.2) is 259 Å². The molecule has 3 unspecified atom stereocenters. The summed E-state index contributed by atoms with van der Waals surface area (Å²) in [5, 5.41) is 11.5. The van der Waals surface area contributed by atoms with Crippen molar-refractivity contribution in [2.24, 2.45) is 4.99 Å². The van der Waals surface area contributed by atoms with Gasteiger partial charge in [-0.15, -0.1) is 0 Å². The molecule has 0 bridgehead atoms. The number of hydrogen-bond acceptors (Lipinski definition) is 7. The minimum absolute atomic E-state index is 0.0548. The van der Waals surface area contributed by atoms with E-state index in [0.717, 1.165) is 285 Å². The normalized spacial score (nSPS) is 27.2. The summed E-state index contributed by atoms with van der Waals surface area (Å²) >= 11 is 0. The number of nitrogens with one attached hydrogen (secondary N) is 2. The molecule has 6 amide bonds. The van der Waals surface area contributed by atoms with Gasteiger partial charge in [-0.2, -0.15) is 9.28 Å². The van der Waals surface area contributed by atoms with E-state index in [0.29, 0.717) is 34.7 Å². The third-order valence-corrected chi connectivity index (χ3v) is 36.2. The summed E-state index contributed by atoms with van der Waals surface area (Å²) in [5.74, 6) is -0.498. The fraction of sp³-hybridized carbons (Fsp3) is 0.475. The van der Waals surface area contributed by atoms with Crippen LogP contribution in [0.4, 0.5) is 57.4 Å². The van der Waals surface area contributed by atoms with Gasteiger partial charge in [0.15, 0.2) is 23.5 Å². The lowest BCUT2D eigenvalue weighted by Crippen LogP contribution is -2.70. The highest BCUT2D eigenvalue weighted by Crippen LogP contribution is 2.50. The number of amidine groups is 1. The monoisotopic (exact) mass is 1970 g/mol. The number of halogens is 7. The number of nitrogens with zero attached hydrogens (tertiary/aromatic N) is 11. The highest BCUT2D eigenvalue weighted by molar-refractivity contribution is 6.08. The first kappa shape index (κ1) is 108. The number of aliphatic imine (C=N–C) groups is 1. The quantitative estimate of drug-likeness (QED) is 0.0389. The van der Waals surface area contributed by atoms with Crippen molar-refractivity contribution in [3.63, 3.8) is 0 Å². The van der Waals surface area contributed by atoms with Crippen LogP contribution in [0.2, 0.25) is 0 Å². The SMILES string of the molecule is CC(CCC[N+]1(C)CCC(C)([N+]2(C)C(=O)Nc3ccccc32)CC1)(c1ccc(F)cc1)c1ccc(F)cc1.CC(CCC[N+]1(C)CCC2(CC1)C(=O)NC[N+]2(C)c1ccccc1)(c1ccc(F)cc1)c1ccc(F)cc1.CCC1=NC(C)=C(CC[N+]2(C)CCC(C)(c3noc4cc(F)ccc34)CC2)C(=O)[N+]1(C)CC.CC[N+](C)(C)C(=O)[N+]1(C)CC[N+](C)(CCCC(C)(c2ccc(F)cc2)c2ccc(F)cc2)CC1. The lowest BCUT2D eigenvalue weighted by Gasteiger charge is -2.50. The second kappa shape index (κ2) is 42.4. The van der Waals surface area contributed by atoms with Gasteiger partial charge in [-0.3, -0.25) is 14.6 Å². The zero-order valence-corrected chi connectivity index (χ0v) is 88.3. The number of fused-ring (bicyclic) bond motifs is 2. The number of likely N-dealkylation sites (tertiary alicyclic amines) is 3. The molecule has 17 rings (SSSR count). The molecule has 8 heterocycles. The summed E-state index contributed by atoms with van der Waals surface area (Å²) in [6, 6.07) is 63.7. The van der Waals surface area contributed by atoms with Crippen LogP contribution in [0.1, 0.15) is 191 Å². The molecule has 2 N–H and O–H groups in total. The van der Waals surface area contributed by atoms with E-state index >= 15 is 0 Å². The number of quaternary nitrogens is 9. The second-order valence-corrected chi connectivity index (χ2v) is 46.1. The maximum absolute atomic E-state index is 13.7. The molecule has 3 atom stereocenters. The molecule has 7 aliphatic heterocycles. The molecule has 1 spiro atoms. The number of carbonyl (C=O) groups excluding carboxylic acids is 4. The van der Waals surface area contributed by atoms with E-state index in [9.17, 15) is 49.9 Å². The van der Waals surface area contributed by atoms with Crippen molar-refractivity contribution < 1.29 is 85.8 Å². The van der Waals surface area contributed by atoms with E-state index in [1.807, 2.05) is 125 Å². The maximum Gasteiger partial charge on any atom is 0.513 e. The first-order valence-electron chi connectivity index (χ1n) is 51.8. The zero-order chi connectivity index (χ0) is 103. The van der Waals surface area contributed by atoms with Crippen LogP contribution in [-0.2, 0) is 31.2 Å². The number of rotatable bonds is 27. The molecule has 0 aliphatic carbocycles. The van der Waals surface area contributed by atoms with Gasteiger partial charge in [0.1, 0.15) is 83.8 Å². The van der Waals surface area contributed by atoms with Crippen LogP contribution in [0.25, 0.3) is 11.0 Å². The molecule has 10 aromatic rings. The number of carbonyl (C=O) groups is 4. The summed E-state index contributed by atoms with van der Waals surface area (Å²) in [6.07, 6.45) is 12.6. The van der Waals surface area contributed by atoms with Gasteiger partial charge < -0.3 is 27.8 Å². The van der Waals surface area contributed by atoms with Gasteiger partial charge in [0, 0.05) is 64.9 Å². The van der Waals surface area contributed by atoms with Crippen LogP contribution in [0.5, 0.6) is 0 Å². The van der Waals surface area contributed by atoms with Crippen LogP contribution < -0.4 is 19.6 Å². The van der Waals surface area contributed by atoms with Gasteiger partial charge in [0.2, 0.25) is 5.84 Å². The maximum atomic E-state index is 13.7. The zero-order valence-electron chi connectivity index (χ0n) is 88.3. The number of para-hydroxylation sites is 3. The number of urea groups is 2. The Labute approximate surface area is 844 Å². The minimum Gasteiger partial charge on any atom is -0.356 e. The molecule has 5 fully saturated rings. The number of piperazine rings is 1. The van der Waals surface area contributed by atoms with Crippen molar-refractivity contribution >= 4 is 57.7 Å². The molecule has 18 nitrogen and oxygen atoms in total. The predicted octanol–water partition coefficient (Wildman–Crippen LogP) is 23.1. The number of piperidine rings is 3. The highest BCUT2D eigenvalue weighted by atomic mass is 19.2. The molecule has 764 valence electrons. The number of likely N-dealkylation sites (N-methyl/N-ethyl adjacent to an activating group) is 4. The van der Waals surface area contributed by atoms with Crippen molar-refractivity contribution in [3.05, 3.63) is 309 Å². The Kier molecular flexibility index (Phi) is 32.0. The molecule has 25 heteroatoms. The van der Waals surface area contributed by atoms with Crippen molar-refractivity contribution in [1.82, 2.24) is 19.4 Å². The number of aromatic nitrogens is 1. The number of allylic oxidation sites excluding steroid dienone is 1. The molecular weight excluding hydrogens is 1810 g/mol. The summed E-state index contributed by atoms with van der Waals surface area (Å²) < 4.78 is 107. The van der Waals surface area contributed by atoms with Gasteiger partial charge in [-0.05, 0) is 203 Å². The Morgan fingerprint density at radius 1 is 0.469 bits per heavy atom. The van der Waals surface area contributed by atoms with Crippen LogP contribution in [0, 0.1) is 40.7 Å². The van der Waals surface area contributed by atoms with Gasteiger partial charge >= 0.3 is 18.0 Å². The van der Waals surface area contributed by atoms with Crippen molar-refractivity contribution in [2.45, 2.75) is 185 Å². The summed E-state index contributed by atoms with van der Waals surface area (Å²) in [4.78, 5) is 57.9. The minimum atomic E-state index is -0.435. The lowest BCUT2D eigenvalue weighted by molar-refractivity contribution is -1.01. The van der Waals surface area contributed by atoms with Crippen LogP contribution in [0.15, 0.2) is 239 Å². The molecular formula is C118H157F7N13O5+9. The molecule has 143 heavy (non-hydrogen) atoms. The van der Waals surface area contributed by atoms with E-state index in [-0.39, 0.29) is 91.8 Å². The first-order valence-corrected chi connectivity index (χ1v) is 51.8. The Balaban J connectivity index is 0.000000152. The highest BCUT2D eigenvalue weighted by Gasteiger charge is 2.64. The average molecular weight is 1970 g/mol. The molecule has 7 aliphatic rings. The fourth-order valence-electron chi connectivity index (χ4n) is 24.2. The standard InChI is InChI=1S/2C32H38F2N3O.C28H42F2N3O.C26H37FN4O2/c1-31(37(4)29-9-6-5-8-28(29)35-30(37)38)19-22-36(3,23-20-31)21-7-18-32(2,24-10-14-26(33)15-11-24)25-12-16-27(34)17-13-25;1-31(25-10-14-27(33)15-11-25,26-12-16-28(34)17-13-26)18-7-21-36(2)22-19-32(20-23-36)30(38)35-24-37(32,3)29-8-5-4-6-9-29;1-7-31(3,4)27(34)33(6)21-19-32(5,20-22-33)18-8-17-28(2,23-9-13-25(29)14-10-23)24-11-15-26(30)16-12-24;1-7-23-28-18(3)20(25(32)31(23,6)8-2)11-14-30(5)15-12-26(4,13-16-30)24-21-10-9-19(27)17-22(21)33-29-24/h5-6,8-17H,7,18-23H2,1-4H3;4-6,8-17H,7,18-24H2,1-3H3;9-16H,7-8,17-22H2,1-6H3;9-10,17H,7-8,11-16H2,1-6H3/q2*+1;+3;+2/p+2. The fourth-order valence-corrected chi connectivity index (χ4v) is 24.2. The number of benzene rings is 9. The molecule has 5 saturated heterocycles. The molecule has 0 radical (unpaired) electrons. The Hall–Kier alpha value is -10.7. The van der Waals surface area contributed by atoms with Crippen molar-refractivity contribution in [1.29, 1.82) is 0 Å². The molecule has 9 aromatic carbocycles. The van der Waals surface area contributed by atoms with E-state index < -0.39 is 5.54 Å². The summed E-state index contributed by atoms with van der Waals surface area (Å²) in [7, 11) is 21.5. The van der Waals surface area contributed by atoms with E-state index in [1.165, 1.54) is 90.6 Å². The number of hydrogen-bond donors (Lipinski definition) is 2. The topological polar surface area (TPSA) is 131 Å². The third-order valence-electron chi connectivity index (χ3n) is 36.2. The van der Waals surface area contributed by atoms with Crippen molar-refractivity contribution in [2.75, 3.05) is 187 Å². The van der Waals surface area contributed by atoms with E-state index in [4.69, 9.17) is 9.52 Å². The van der Waals surface area contributed by atoms with Crippen LogP contribution >= 0.6 is 0 Å². The summed E-state index contributed by atoms with van der Waals surface area (Å²) in [6.45, 7) is 34.8. The Bertz CT molecular complexity index is 6060. The number of anilines is 1. The van der Waals surface area contributed by atoms with Crippen molar-refractivity contribution in [3.8, 4) is 0 Å². The predicted molar refractivity (Wildman–Crippen MR) is 560 cm³/mol. The smallest absolute Gasteiger partial charge is 0.356 e. The van der Waals surface area contributed by atoms with Gasteiger partial charge in [-0.25, -0.2) is 58.8 Å². The third kappa shape index (κ3) is 22.2. The molecule has 1 aromatic heterocycles. The largest absolute Gasteiger partial charge is 0.513 e. The van der Waals surface area contributed by atoms with Crippen LogP contribution in [0.3, 0.4) is 0 Å². The first-order chi connectivity index (χ1) is 67.5. The second-order valence-electron chi connectivity index (χ2n) is 46.1. The number of amides is 6. The average Bonchev–Trinajstić information content (AvgIpc) is 1.66. The van der Waals surface area contributed by atoms with Gasteiger partial charge in [0.25, 0.3) is 5.91 Å².